The van der Waals surface area contributed by atoms with Crippen LogP contribution in [-0.2, 0) is 14.3 Å². The van der Waals surface area contributed by atoms with Gasteiger partial charge in [0, 0.05) is 12.7 Å². The Morgan fingerprint density at radius 1 is 1.24 bits per heavy atom. The SMILES string of the molecule is C=CC(=O)OC(CC)(CC)CCCCOC(C)(CC)C(O)CCNC. The molecule has 0 fully saturated rings. The second-order valence-electron chi connectivity index (χ2n) is 6.90. The number of ether oxygens (including phenoxy) is 2. The molecule has 0 amide bonds. The van der Waals surface area contributed by atoms with E-state index in [1.807, 2.05) is 34.7 Å². The normalized spacial score (nSPS) is 15.4. The Morgan fingerprint density at radius 2 is 1.88 bits per heavy atom. The smallest absolute Gasteiger partial charge is 0.330 e. The maximum absolute atomic E-state index is 11.6. The van der Waals surface area contributed by atoms with Crippen LogP contribution in [0.2, 0.25) is 0 Å². The molecule has 0 saturated heterocycles. The average Bonchev–Trinajstić information content (AvgIpc) is 2.64. The van der Waals surface area contributed by atoms with Crippen molar-refractivity contribution in [3.8, 4) is 0 Å². The number of rotatable bonds is 15. The maximum Gasteiger partial charge on any atom is 0.330 e. The van der Waals surface area contributed by atoms with Crippen LogP contribution in [-0.4, -0.2) is 48.6 Å². The number of carbonyl (C=O) groups is 1. The van der Waals surface area contributed by atoms with Gasteiger partial charge in [0.25, 0.3) is 0 Å². The number of hydrogen-bond donors (Lipinski definition) is 2. The summed E-state index contributed by atoms with van der Waals surface area (Å²) in [4.78, 5) is 11.6. The first-order valence-electron chi connectivity index (χ1n) is 9.65. The molecule has 0 rings (SSSR count). The lowest BCUT2D eigenvalue weighted by atomic mass is 9.90. The lowest BCUT2D eigenvalue weighted by molar-refractivity contribution is -0.155. The van der Waals surface area contributed by atoms with Crippen LogP contribution in [0.4, 0.5) is 0 Å². The summed E-state index contributed by atoms with van der Waals surface area (Å²) in [7, 11) is 1.88. The molecule has 5 nitrogen and oxygen atoms in total. The number of unbranched alkanes of at least 4 members (excludes halogenated alkanes) is 1. The molecule has 0 bridgehead atoms. The van der Waals surface area contributed by atoms with E-state index in [4.69, 9.17) is 9.47 Å². The Morgan fingerprint density at radius 3 is 2.36 bits per heavy atom. The molecule has 2 atom stereocenters. The topological polar surface area (TPSA) is 67.8 Å². The van der Waals surface area contributed by atoms with E-state index < -0.39 is 17.3 Å². The summed E-state index contributed by atoms with van der Waals surface area (Å²) in [5, 5.41) is 13.4. The second-order valence-corrected chi connectivity index (χ2v) is 6.90. The zero-order chi connectivity index (χ0) is 19.3. The van der Waals surface area contributed by atoms with Gasteiger partial charge in [0.15, 0.2) is 0 Å². The van der Waals surface area contributed by atoms with Crippen LogP contribution in [0.3, 0.4) is 0 Å². The molecule has 0 radical (unpaired) electrons. The summed E-state index contributed by atoms with van der Waals surface area (Å²) < 4.78 is 11.6. The minimum Gasteiger partial charge on any atom is -0.456 e. The first kappa shape index (κ1) is 24.1. The Kier molecular flexibility index (Phi) is 12.0. The molecular formula is C20H39NO4. The van der Waals surface area contributed by atoms with Gasteiger partial charge in [0.2, 0.25) is 0 Å². The van der Waals surface area contributed by atoms with Crippen molar-refractivity contribution in [1.29, 1.82) is 0 Å². The van der Waals surface area contributed by atoms with Gasteiger partial charge in [-0.3, -0.25) is 0 Å². The molecule has 2 unspecified atom stereocenters. The quantitative estimate of drug-likeness (QED) is 0.266. The molecule has 0 spiro atoms. The Hall–Kier alpha value is -0.910. The molecule has 2 N–H and O–H groups in total. The standard InChI is InChI=1S/C20H39NO4/c1-7-18(23)25-20(9-3,10-4)14-11-12-16-24-19(5,8-2)17(22)13-15-21-6/h7,17,21-22H,1,8-16H2,2-6H3. The lowest BCUT2D eigenvalue weighted by Gasteiger charge is -2.34. The van der Waals surface area contributed by atoms with Gasteiger partial charge in [-0.25, -0.2) is 4.79 Å². The van der Waals surface area contributed by atoms with Crippen molar-refractivity contribution >= 4 is 5.97 Å². The lowest BCUT2D eigenvalue weighted by Crippen LogP contribution is -2.43. The third-order valence-corrected chi connectivity index (χ3v) is 5.31. The van der Waals surface area contributed by atoms with E-state index in [9.17, 15) is 9.90 Å². The van der Waals surface area contributed by atoms with Gasteiger partial charge in [-0.2, -0.15) is 0 Å². The second kappa shape index (κ2) is 12.4. The van der Waals surface area contributed by atoms with Crippen LogP contribution in [0.15, 0.2) is 12.7 Å². The highest BCUT2D eigenvalue weighted by molar-refractivity contribution is 5.81. The molecule has 0 aromatic heterocycles. The molecule has 0 aromatic carbocycles. The van der Waals surface area contributed by atoms with Gasteiger partial charge in [-0.05, 0) is 65.5 Å². The summed E-state index contributed by atoms with van der Waals surface area (Å²) in [6, 6.07) is 0. The van der Waals surface area contributed by atoms with Crippen LogP contribution in [0.5, 0.6) is 0 Å². The summed E-state index contributed by atoms with van der Waals surface area (Å²) >= 11 is 0. The number of esters is 1. The van der Waals surface area contributed by atoms with Crippen molar-refractivity contribution in [3.63, 3.8) is 0 Å². The fraction of sp³-hybridized carbons (Fsp3) is 0.850. The Balaban J connectivity index is 4.39. The third kappa shape index (κ3) is 8.34. The molecule has 0 aliphatic heterocycles. The molecule has 5 heteroatoms. The predicted octanol–water partition coefficient (Wildman–Crippen LogP) is 3.60. The van der Waals surface area contributed by atoms with E-state index in [2.05, 4.69) is 11.9 Å². The fourth-order valence-electron chi connectivity index (χ4n) is 2.93. The molecule has 25 heavy (non-hydrogen) atoms. The van der Waals surface area contributed by atoms with Gasteiger partial charge < -0.3 is 19.9 Å². The molecule has 0 saturated carbocycles. The van der Waals surface area contributed by atoms with Gasteiger partial charge in [-0.1, -0.05) is 27.4 Å². The van der Waals surface area contributed by atoms with Crippen molar-refractivity contribution in [2.45, 2.75) is 89.9 Å². The van der Waals surface area contributed by atoms with Crippen LogP contribution >= 0.6 is 0 Å². The predicted molar refractivity (Wildman–Crippen MR) is 103 cm³/mol. The average molecular weight is 358 g/mol. The van der Waals surface area contributed by atoms with Gasteiger partial charge in [0.05, 0.1) is 11.7 Å². The first-order chi connectivity index (χ1) is 11.8. The van der Waals surface area contributed by atoms with Gasteiger partial charge >= 0.3 is 5.97 Å². The number of carbonyl (C=O) groups excluding carboxylic acids is 1. The number of nitrogens with one attached hydrogen (secondary N) is 1. The molecule has 0 aliphatic rings. The van der Waals surface area contributed by atoms with E-state index in [-0.39, 0.29) is 5.97 Å². The zero-order valence-electron chi connectivity index (χ0n) is 16.9. The van der Waals surface area contributed by atoms with Gasteiger partial charge in [0.1, 0.15) is 5.60 Å². The zero-order valence-corrected chi connectivity index (χ0v) is 16.9. The highest BCUT2D eigenvalue weighted by Crippen LogP contribution is 2.28. The van der Waals surface area contributed by atoms with E-state index >= 15 is 0 Å². The van der Waals surface area contributed by atoms with E-state index in [0.717, 1.165) is 45.1 Å². The summed E-state index contributed by atoms with van der Waals surface area (Å²) in [6.07, 6.45) is 6.37. The van der Waals surface area contributed by atoms with Gasteiger partial charge in [-0.15, -0.1) is 0 Å². The number of hydrogen-bond acceptors (Lipinski definition) is 5. The molecule has 148 valence electrons. The molecular weight excluding hydrogens is 318 g/mol. The minimum atomic E-state index is -0.515. The van der Waals surface area contributed by atoms with Crippen molar-refractivity contribution in [2.75, 3.05) is 20.2 Å². The summed E-state index contributed by atoms with van der Waals surface area (Å²) in [6.45, 7) is 12.9. The third-order valence-electron chi connectivity index (χ3n) is 5.31. The van der Waals surface area contributed by atoms with Crippen molar-refractivity contribution in [1.82, 2.24) is 5.32 Å². The summed E-state index contributed by atoms with van der Waals surface area (Å²) in [5.41, 5.74) is -0.926. The fourth-order valence-corrected chi connectivity index (χ4v) is 2.93. The van der Waals surface area contributed by atoms with Crippen LogP contribution < -0.4 is 5.32 Å². The molecule has 0 aliphatic carbocycles. The molecule has 0 aromatic rings. The van der Waals surface area contributed by atoms with Crippen LogP contribution in [0.25, 0.3) is 0 Å². The maximum atomic E-state index is 11.6. The minimum absolute atomic E-state index is 0.355. The monoisotopic (exact) mass is 357 g/mol. The van der Waals surface area contributed by atoms with Crippen molar-refractivity contribution in [2.24, 2.45) is 0 Å². The largest absolute Gasteiger partial charge is 0.456 e. The van der Waals surface area contributed by atoms with E-state index in [1.54, 1.807) is 0 Å². The van der Waals surface area contributed by atoms with E-state index in [0.29, 0.717) is 13.0 Å². The number of aliphatic hydroxyl groups is 1. The van der Waals surface area contributed by atoms with Crippen molar-refractivity contribution in [3.05, 3.63) is 12.7 Å². The highest BCUT2D eigenvalue weighted by Gasteiger charge is 2.32. The van der Waals surface area contributed by atoms with E-state index in [1.165, 1.54) is 6.08 Å². The number of aliphatic hydroxyl groups excluding tert-OH is 1. The highest BCUT2D eigenvalue weighted by atomic mass is 16.6. The van der Waals surface area contributed by atoms with Crippen LogP contribution in [0.1, 0.15) is 72.6 Å². The first-order valence-corrected chi connectivity index (χ1v) is 9.65. The summed E-state index contributed by atoms with van der Waals surface area (Å²) in [5.74, 6) is -0.355. The Bertz CT molecular complexity index is 382. The van der Waals surface area contributed by atoms with Crippen molar-refractivity contribution < 1.29 is 19.4 Å². The van der Waals surface area contributed by atoms with Crippen LogP contribution in [0, 0.1) is 0 Å². The Labute approximate surface area is 154 Å². The molecule has 0 heterocycles.